The summed E-state index contributed by atoms with van der Waals surface area (Å²) in [4.78, 5) is 10.3. The largest absolute Gasteiger partial charge is 0.454 e. The molecule has 0 radical (unpaired) electrons. The van der Waals surface area contributed by atoms with Crippen LogP contribution in [-0.2, 0) is 16.2 Å². The number of benzene rings is 9. The van der Waals surface area contributed by atoms with Gasteiger partial charge in [-0.3, -0.25) is 0 Å². The van der Waals surface area contributed by atoms with Gasteiger partial charge >= 0.3 is 0 Å². The van der Waals surface area contributed by atoms with Crippen molar-refractivity contribution in [3.63, 3.8) is 0 Å². The molecule has 374 valence electrons. The van der Waals surface area contributed by atoms with E-state index in [0.29, 0.717) is 0 Å². The molecule has 76 heavy (non-hydrogen) atoms. The summed E-state index contributed by atoms with van der Waals surface area (Å²) in [5.41, 5.74) is 22.1. The molecular formula is C70H65BN4O. The van der Waals surface area contributed by atoms with Gasteiger partial charge in [0.25, 0.3) is 6.71 Å². The predicted molar refractivity (Wildman–Crippen MR) is 323 cm³/mol. The molecule has 14 rings (SSSR count). The van der Waals surface area contributed by atoms with Gasteiger partial charge in [-0.1, -0.05) is 177 Å². The first-order chi connectivity index (χ1) is 36.7. The molecule has 5 nitrogen and oxygen atoms in total. The van der Waals surface area contributed by atoms with Crippen LogP contribution in [0.25, 0.3) is 21.9 Å². The van der Waals surface area contributed by atoms with E-state index in [1.54, 1.807) is 0 Å². The van der Waals surface area contributed by atoms with E-state index in [4.69, 9.17) is 4.42 Å². The molecule has 1 fully saturated rings. The van der Waals surface area contributed by atoms with Gasteiger partial charge in [0.1, 0.15) is 5.58 Å². The number of furan rings is 1. The normalized spacial score (nSPS) is 18.6. The van der Waals surface area contributed by atoms with E-state index in [1.807, 2.05) is 0 Å². The molecule has 9 aromatic carbocycles. The van der Waals surface area contributed by atoms with Crippen LogP contribution in [0, 0.1) is 0 Å². The lowest BCUT2D eigenvalue weighted by Gasteiger charge is -2.50. The summed E-state index contributed by atoms with van der Waals surface area (Å²) in [5.74, 6) is 0. The number of anilines is 11. The summed E-state index contributed by atoms with van der Waals surface area (Å²) >= 11 is 0. The predicted octanol–water partition coefficient (Wildman–Crippen LogP) is 17.5. The highest BCUT2D eigenvalue weighted by molar-refractivity contribution is 7.00. The number of fused-ring (bicyclic) bond motifs is 10. The molecule has 2 unspecified atom stereocenters. The maximum atomic E-state index is 7.12. The Morgan fingerprint density at radius 3 is 1.79 bits per heavy atom. The van der Waals surface area contributed by atoms with Crippen molar-refractivity contribution in [3.8, 4) is 0 Å². The van der Waals surface area contributed by atoms with Crippen molar-refractivity contribution in [3.05, 3.63) is 217 Å². The van der Waals surface area contributed by atoms with Gasteiger partial charge in [-0.2, -0.15) is 0 Å². The fourth-order valence-electron chi connectivity index (χ4n) is 14.0. The molecule has 0 N–H and O–H groups in total. The lowest BCUT2D eigenvalue weighted by molar-refractivity contribution is 0.195. The smallest absolute Gasteiger partial charge is 0.252 e. The van der Waals surface area contributed by atoms with Crippen LogP contribution >= 0.6 is 0 Å². The van der Waals surface area contributed by atoms with Crippen molar-refractivity contribution in [2.45, 2.75) is 103 Å². The quantitative estimate of drug-likeness (QED) is 0.155. The van der Waals surface area contributed by atoms with Gasteiger partial charge in [-0.25, -0.2) is 0 Å². The van der Waals surface area contributed by atoms with Crippen LogP contribution in [0.3, 0.4) is 0 Å². The number of para-hydroxylation sites is 5. The minimum Gasteiger partial charge on any atom is -0.454 e. The molecular weight excluding hydrogens is 924 g/mol. The fourth-order valence-corrected chi connectivity index (χ4v) is 14.0. The summed E-state index contributed by atoms with van der Waals surface area (Å²) in [6, 6.07) is 75.4. The first kappa shape index (κ1) is 46.6. The van der Waals surface area contributed by atoms with Crippen LogP contribution in [0.2, 0.25) is 0 Å². The van der Waals surface area contributed by atoms with Crippen LogP contribution < -0.4 is 36.0 Å². The second kappa shape index (κ2) is 16.8. The first-order valence-electron chi connectivity index (χ1n) is 27.6. The zero-order valence-corrected chi connectivity index (χ0v) is 45.2. The van der Waals surface area contributed by atoms with Gasteiger partial charge in [-0.05, 0) is 149 Å². The summed E-state index contributed by atoms with van der Waals surface area (Å²) in [6.07, 6.45) is 4.75. The Kier molecular flexibility index (Phi) is 10.3. The van der Waals surface area contributed by atoms with E-state index in [9.17, 15) is 0 Å². The van der Waals surface area contributed by atoms with Gasteiger partial charge in [0.05, 0.1) is 16.9 Å². The third-order valence-corrected chi connectivity index (χ3v) is 18.1. The Morgan fingerprint density at radius 1 is 0.461 bits per heavy atom. The molecule has 3 aliphatic heterocycles. The molecule has 6 heteroatoms. The second-order valence-electron chi connectivity index (χ2n) is 24.5. The Bertz CT molecular complexity index is 3890. The molecule has 10 aromatic rings. The maximum absolute atomic E-state index is 7.12. The zero-order valence-electron chi connectivity index (χ0n) is 45.2. The monoisotopic (exact) mass is 989 g/mol. The third-order valence-electron chi connectivity index (χ3n) is 18.1. The summed E-state index contributed by atoms with van der Waals surface area (Å²) in [5, 5.41) is 2.22. The molecule has 1 saturated carbocycles. The van der Waals surface area contributed by atoms with Crippen LogP contribution in [0.1, 0.15) is 97.8 Å². The van der Waals surface area contributed by atoms with Crippen molar-refractivity contribution < 1.29 is 4.42 Å². The van der Waals surface area contributed by atoms with E-state index in [-0.39, 0.29) is 28.5 Å². The highest BCUT2D eigenvalue weighted by Crippen LogP contribution is 2.61. The van der Waals surface area contributed by atoms with E-state index >= 15 is 0 Å². The molecule has 0 spiro atoms. The standard InChI is InChI=1S/C70H65BN4O/c1-67(2,3)46-32-35-50(36-33-46)73-59-39-34-47(68(4,5)6)42-57(59)71-56-38-37-51(75-58-29-17-16-28-55(58)69(7)40-19-20-41-70(69,75)8)43-61(56)74(60-30-21-27-54-53-26-15-18-31-64(53)76-66(54)60)63-45-52(44-62(73)65(63)71)72(48-22-11-9-12-23-48)49-24-13-10-14-25-49/h9-18,21-39,42-45H,19-20,40-41H2,1-8H3. The number of hydrogen-bond donors (Lipinski definition) is 0. The minimum atomic E-state index is -0.117. The number of hydrogen-bond acceptors (Lipinski definition) is 5. The Balaban J connectivity index is 1.12. The topological polar surface area (TPSA) is 26.1 Å². The highest BCUT2D eigenvalue weighted by Gasteiger charge is 2.58. The number of nitrogens with zero attached hydrogens (tertiary/aromatic N) is 4. The lowest BCUT2D eigenvalue weighted by Crippen LogP contribution is -2.61. The fraction of sp³-hybridized carbons (Fsp3) is 0.229. The second-order valence-corrected chi connectivity index (χ2v) is 24.5. The average molecular weight is 989 g/mol. The van der Waals surface area contributed by atoms with Gasteiger partial charge in [0.2, 0.25) is 0 Å². The van der Waals surface area contributed by atoms with Crippen LogP contribution in [-0.4, -0.2) is 12.3 Å². The molecule has 4 aliphatic rings. The third kappa shape index (κ3) is 6.84. The lowest BCUT2D eigenvalue weighted by atomic mass is 9.33. The maximum Gasteiger partial charge on any atom is 0.252 e. The average Bonchev–Trinajstić information content (AvgIpc) is 4.06. The molecule has 2 atom stereocenters. The molecule has 1 aromatic heterocycles. The van der Waals surface area contributed by atoms with E-state index in [2.05, 4.69) is 275 Å². The molecule has 0 amide bonds. The summed E-state index contributed by atoms with van der Waals surface area (Å²) in [7, 11) is 0. The van der Waals surface area contributed by atoms with Crippen LogP contribution in [0.5, 0.6) is 0 Å². The van der Waals surface area contributed by atoms with Gasteiger partial charge in [0.15, 0.2) is 5.58 Å². The number of rotatable bonds is 6. The Morgan fingerprint density at radius 2 is 1.07 bits per heavy atom. The Hall–Kier alpha value is -7.96. The van der Waals surface area contributed by atoms with Crippen molar-refractivity contribution in [2.24, 2.45) is 0 Å². The van der Waals surface area contributed by atoms with Crippen molar-refractivity contribution in [1.82, 2.24) is 0 Å². The Labute approximate surface area is 449 Å². The minimum absolute atomic E-state index is 0.000898. The SMILES string of the molecule is CC(C)(C)c1ccc(N2c3ccc(C(C)(C)C)cc3B3c4ccc(N5c6ccccc6C6(C)CCCCC56C)cc4N(c4cccc5c4oc4ccccc45)c4cc(N(c5ccccc5)c5ccccc5)cc2c43)cc1. The van der Waals surface area contributed by atoms with Gasteiger partial charge in [-0.15, -0.1) is 0 Å². The molecule has 0 bridgehead atoms. The van der Waals surface area contributed by atoms with E-state index < -0.39 is 0 Å². The first-order valence-corrected chi connectivity index (χ1v) is 27.6. The zero-order chi connectivity index (χ0) is 51.9. The highest BCUT2D eigenvalue weighted by atomic mass is 16.3. The van der Waals surface area contributed by atoms with Crippen molar-refractivity contribution >= 4 is 108 Å². The van der Waals surface area contributed by atoms with Crippen LogP contribution in [0.15, 0.2) is 205 Å². The van der Waals surface area contributed by atoms with E-state index in [1.165, 1.54) is 69.4 Å². The van der Waals surface area contributed by atoms with Gasteiger partial charge in [0, 0.05) is 67.4 Å². The summed E-state index contributed by atoms with van der Waals surface area (Å²) in [6.45, 7) is 18.9. The molecule has 4 heterocycles. The van der Waals surface area contributed by atoms with Crippen molar-refractivity contribution in [2.75, 3.05) is 19.6 Å². The van der Waals surface area contributed by atoms with E-state index in [0.717, 1.165) is 73.9 Å². The van der Waals surface area contributed by atoms with Gasteiger partial charge < -0.3 is 24.0 Å². The molecule has 1 aliphatic carbocycles. The van der Waals surface area contributed by atoms with Crippen molar-refractivity contribution in [1.29, 1.82) is 0 Å². The van der Waals surface area contributed by atoms with Crippen LogP contribution in [0.4, 0.5) is 62.6 Å². The molecule has 0 saturated heterocycles. The summed E-state index contributed by atoms with van der Waals surface area (Å²) < 4.78 is 7.12.